The normalized spacial score (nSPS) is 34.5. The summed E-state index contributed by atoms with van der Waals surface area (Å²) in [5.41, 5.74) is -1.23. The van der Waals surface area contributed by atoms with Crippen molar-refractivity contribution in [2.45, 2.75) is 210 Å². The van der Waals surface area contributed by atoms with Crippen LogP contribution >= 0.6 is 0 Å². The number of fused-ring (bicyclic) bond motifs is 4. The van der Waals surface area contributed by atoms with E-state index in [1.807, 2.05) is 0 Å². The van der Waals surface area contributed by atoms with Crippen LogP contribution in [0.4, 0.5) is 0 Å². The van der Waals surface area contributed by atoms with Gasteiger partial charge in [-0.1, -0.05) is 90.0 Å². The lowest BCUT2D eigenvalue weighted by atomic mass is 9.71. The van der Waals surface area contributed by atoms with Crippen LogP contribution in [0.5, 0.6) is 0 Å². The van der Waals surface area contributed by atoms with Gasteiger partial charge in [0.05, 0.1) is 24.4 Å². The van der Waals surface area contributed by atoms with E-state index in [0.717, 1.165) is 36.3 Å². The van der Waals surface area contributed by atoms with Gasteiger partial charge in [-0.25, -0.2) is 0 Å². The highest BCUT2D eigenvalue weighted by atomic mass is 28.4. The lowest BCUT2D eigenvalue weighted by Gasteiger charge is -2.54. The molecule has 3 rings (SSSR count). The van der Waals surface area contributed by atoms with Gasteiger partial charge in [0.25, 0.3) is 0 Å². The highest BCUT2D eigenvalue weighted by molar-refractivity contribution is 6.77. The molecule has 0 aliphatic carbocycles. The van der Waals surface area contributed by atoms with Crippen LogP contribution in [0.25, 0.3) is 0 Å². The van der Waals surface area contributed by atoms with E-state index < -0.39 is 47.9 Å². The van der Waals surface area contributed by atoms with Crippen molar-refractivity contribution >= 4 is 25.0 Å². The lowest BCUT2D eigenvalue weighted by molar-refractivity contribution is -0.239. The first-order valence-corrected chi connectivity index (χ1v) is 26.3. The van der Waals surface area contributed by atoms with E-state index >= 15 is 0 Å². The SMILES string of the molecule is CC[Si](CC)(CC)O[C@H]1C[C@@](C)(O[Si](CC)(CC)CC)[C@@H]2CC[C@@](O)(CO)[C@@H](O2)[C@@H]2O[C@]12[C@@H](C)CO[Si](C(C)C)(C(C)C)C(C)C. The van der Waals surface area contributed by atoms with Gasteiger partial charge < -0.3 is 33.0 Å². The number of rotatable bonds is 18. The maximum atomic E-state index is 11.9. The molecule has 3 heterocycles. The van der Waals surface area contributed by atoms with Crippen molar-refractivity contribution in [3.05, 3.63) is 0 Å². The van der Waals surface area contributed by atoms with Crippen LogP contribution in [0.2, 0.25) is 52.9 Å². The second kappa shape index (κ2) is 15.3. The fourth-order valence-electron chi connectivity index (χ4n) is 9.89. The molecule has 3 aliphatic rings. The molecule has 2 bridgehead atoms. The second-order valence-electron chi connectivity index (χ2n) is 16.5. The molecule has 8 atom stereocenters. The Hall–Kier alpha value is 0.371. The Morgan fingerprint density at radius 3 is 1.72 bits per heavy atom. The van der Waals surface area contributed by atoms with Gasteiger partial charge in [0.1, 0.15) is 23.4 Å². The van der Waals surface area contributed by atoms with E-state index in [9.17, 15) is 10.2 Å². The van der Waals surface area contributed by atoms with Crippen molar-refractivity contribution in [3.63, 3.8) is 0 Å². The van der Waals surface area contributed by atoms with Crippen LogP contribution in [0.1, 0.15) is 116 Å². The monoisotopic (exact) mass is 702 g/mol. The molecule has 0 unspecified atom stereocenters. The van der Waals surface area contributed by atoms with Gasteiger partial charge in [0.2, 0.25) is 0 Å². The Balaban J connectivity index is 2.20. The third kappa shape index (κ3) is 7.11. The maximum Gasteiger partial charge on any atom is 0.200 e. The van der Waals surface area contributed by atoms with Gasteiger partial charge in [-0.3, -0.25) is 0 Å². The largest absolute Gasteiger partial charge is 0.416 e. The number of aliphatic hydroxyl groups is 2. The van der Waals surface area contributed by atoms with Gasteiger partial charge in [-0.15, -0.1) is 0 Å². The number of epoxide rings is 1. The van der Waals surface area contributed by atoms with Crippen molar-refractivity contribution in [1.82, 2.24) is 0 Å². The molecule has 3 saturated heterocycles. The Bertz CT molecular complexity index is 935. The minimum Gasteiger partial charge on any atom is -0.416 e. The summed E-state index contributed by atoms with van der Waals surface area (Å²) in [7, 11) is -6.31. The molecule has 3 fully saturated rings. The Morgan fingerprint density at radius 2 is 1.28 bits per heavy atom. The number of hydrogen-bond donors (Lipinski definition) is 2. The van der Waals surface area contributed by atoms with Crippen molar-refractivity contribution in [2.75, 3.05) is 13.2 Å². The van der Waals surface area contributed by atoms with Gasteiger partial charge in [-0.05, 0) is 72.7 Å². The van der Waals surface area contributed by atoms with Crippen LogP contribution < -0.4 is 0 Å². The molecule has 0 radical (unpaired) electrons. The zero-order valence-electron chi connectivity index (χ0n) is 32.3. The third-order valence-electron chi connectivity index (χ3n) is 13.5. The maximum absolute atomic E-state index is 11.9. The summed E-state index contributed by atoms with van der Waals surface area (Å²) in [5.74, 6) is 0.00249. The van der Waals surface area contributed by atoms with Gasteiger partial charge in [0, 0.05) is 18.9 Å². The Morgan fingerprint density at radius 1 is 0.783 bits per heavy atom. The van der Waals surface area contributed by atoms with Crippen molar-refractivity contribution < 1.29 is 33.0 Å². The van der Waals surface area contributed by atoms with Crippen molar-refractivity contribution in [2.24, 2.45) is 5.92 Å². The average molecular weight is 703 g/mol. The van der Waals surface area contributed by atoms with Crippen LogP contribution in [0, 0.1) is 5.92 Å². The molecule has 0 aromatic heterocycles. The summed E-state index contributed by atoms with van der Waals surface area (Å²) in [6.07, 6.45) is 0.351. The molecule has 272 valence electrons. The Labute approximate surface area is 286 Å². The molecular weight excluding hydrogens is 629 g/mol. The van der Waals surface area contributed by atoms with Crippen molar-refractivity contribution in [1.29, 1.82) is 0 Å². The first kappa shape index (κ1) is 40.8. The third-order valence-corrected chi connectivity index (χ3v) is 29.0. The van der Waals surface area contributed by atoms with Gasteiger partial charge >= 0.3 is 0 Å². The van der Waals surface area contributed by atoms with Crippen LogP contribution in [0.3, 0.4) is 0 Å². The molecule has 7 nitrogen and oxygen atoms in total. The quantitative estimate of drug-likeness (QED) is 0.109. The molecule has 0 amide bonds. The molecular formula is C36H74O7Si3. The molecule has 0 spiro atoms. The van der Waals surface area contributed by atoms with Crippen LogP contribution in [-0.2, 0) is 22.8 Å². The standard InChI is InChI=1S/C36H74O7Si3/c1-15-44(16-2,17-3)42-31-23-34(14,43-45(18-4,19-5)20-6)30-21-22-35(38,25-37)32(40-30)33-36(31,41-33)29(13)24-39-46(26(7)8,27(9)10)28(11)12/h26-33,37-38H,15-25H2,1-14H3/t29-,30-,31-,32-,33-,34+,35+,36+/m0/s1. The minimum atomic E-state index is -2.14. The predicted octanol–water partition coefficient (Wildman–Crippen LogP) is 8.80. The number of ether oxygens (including phenoxy) is 2. The highest BCUT2D eigenvalue weighted by Gasteiger charge is 2.74. The van der Waals surface area contributed by atoms with E-state index in [1.54, 1.807) is 0 Å². The van der Waals surface area contributed by atoms with E-state index in [2.05, 4.69) is 96.9 Å². The topological polar surface area (TPSA) is 89.9 Å². The predicted molar refractivity (Wildman–Crippen MR) is 197 cm³/mol. The zero-order chi connectivity index (χ0) is 34.9. The van der Waals surface area contributed by atoms with Gasteiger partial charge in [0.15, 0.2) is 25.0 Å². The molecule has 0 aromatic carbocycles. The molecule has 10 heteroatoms. The number of aliphatic hydroxyl groups excluding tert-OH is 1. The Kier molecular flexibility index (Phi) is 13.6. The molecule has 46 heavy (non-hydrogen) atoms. The summed E-state index contributed by atoms with van der Waals surface area (Å²) in [6, 6.07) is 6.30. The fraction of sp³-hybridized carbons (Fsp3) is 1.00. The molecule has 0 aromatic rings. The highest BCUT2D eigenvalue weighted by Crippen LogP contribution is 2.59. The summed E-state index contributed by atoms with van der Waals surface area (Å²) >= 11 is 0. The summed E-state index contributed by atoms with van der Waals surface area (Å²) < 4.78 is 36.3. The first-order chi connectivity index (χ1) is 21.4. The van der Waals surface area contributed by atoms with Crippen LogP contribution in [-0.4, -0.2) is 89.6 Å². The smallest absolute Gasteiger partial charge is 0.200 e. The average Bonchev–Trinajstić information content (AvgIpc) is 3.78. The number of hydrogen-bond acceptors (Lipinski definition) is 7. The summed E-state index contributed by atoms with van der Waals surface area (Å²) in [5, 5.41) is 22.6. The fourth-order valence-corrected chi connectivity index (χ4v) is 21.4. The molecule has 2 N–H and O–H groups in total. The summed E-state index contributed by atoms with van der Waals surface area (Å²) in [4.78, 5) is 0. The van der Waals surface area contributed by atoms with E-state index in [-0.39, 0.29) is 30.8 Å². The minimum absolute atomic E-state index is 0.00249. The van der Waals surface area contributed by atoms with Crippen molar-refractivity contribution in [3.8, 4) is 0 Å². The molecule has 3 aliphatic heterocycles. The lowest BCUT2D eigenvalue weighted by Crippen LogP contribution is -2.67. The zero-order valence-corrected chi connectivity index (χ0v) is 35.3. The van der Waals surface area contributed by atoms with E-state index in [1.165, 1.54) is 0 Å². The van der Waals surface area contributed by atoms with E-state index in [4.69, 9.17) is 22.8 Å². The van der Waals surface area contributed by atoms with E-state index in [0.29, 0.717) is 42.5 Å². The molecule has 0 saturated carbocycles. The van der Waals surface area contributed by atoms with Gasteiger partial charge in [-0.2, -0.15) is 0 Å². The van der Waals surface area contributed by atoms with Crippen LogP contribution in [0.15, 0.2) is 0 Å². The summed E-state index contributed by atoms with van der Waals surface area (Å²) in [6.45, 7) is 32.5. The first-order valence-electron chi connectivity index (χ1n) is 19.1. The second-order valence-corrected chi connectivity index (χ2v) is 31.4.